The van der Waals surface area contributed by atoms with Crippen molar-refractivity contribution in [3.05, 3.63) is 58.8 Å². The van der Waals surface area contributed by atoms with E-state index in [0.29, 0.717) is 12.5 Å². The van der Waals surface area contributed by atoms with Crippen molar-refractivity contribution < 1.29 is 9.57 Å². The van der Waals surface area contributed by atoms with Crippen LogP contribution in [0.4, 0.5) is 0 Å². The Bertz CT molecular complexity index is 1060. The number of pyridine rings is 1. The molecule has 0 aliphatic rings. The topological polar surface area (TPSA) is 43.7 Å². The van der Waals surface area contributed by atoms with Crippen LogP contribution in [0.3, 0.4) is 0 Å². The molecule has 0 amide bonds. The molecule has 0 atom stereocenters. The van der Waals surface area contributed by atoms with Crippen LogP contribution in [0, 0.1) is 26.7 Å². The molecule has 158 valence electrons. The van der Waals surface area contributed by atoms with Crippen molar-refractivity contribution in [1.29, 1.82) is 0 Å². The van der Waals surface area contributed by atoms with Gasteiger partial charge in [0.2, 0.25) is 0 Å². The lowest BCUT2D eigenvalue weighted by atomic mass is 9.91. The minimum atomic E-state index is 0.440. The monoisotopic (exact) mass is 404 g/mol. The molecule has 3 rings (SSSR count). The molecule has 0 unspecified atom stereocenters. The predicted molar refractivity (Wildman–Crippen MR) is 126 cm³/mol. The van der Waals surface area contributed by atoms with Gasteiger partial charge in [-0.2, -0.15) is 0 Å². The van der Waals surface area contributed by atoms with E-state index in [2.05, 4.69) is 76.2 Å². The van der Waals surface area contributed by atoms with Gasteiger partial charge in [-0.15, -0.1) is 0 Å². The van der Waals surface area contributed by atoms with Crippen LogP contribution in [0.5, 0.6) is 5.75 Å². The first kappa shape index (κ1) is 21.8. The van der Waals surface area contributed by atoms with Crippen LogP contribution < -0.4 is 4.74 Å². The molecule has 3 aromatic rings. The van der Waals surface area contributed by atoms with Gasteiger partial charge in [-0.25, -0.2) is 0 Å². The number of oxime groups is 1. The Kier molecular flexibility index (Phi) is 6.76. The van der Waals surface area contributed by atoms with Gasteiger partial charge in [0, 0.05) is 22.2 Å². The lowest BCUT2D eigenvalue weighted by molar-refractivity contribution is 0.118. The molecule has 0 aliphatic heterocycles. The van der Waals surface area contributed by atoms with Crippen LogP contribution in [0.15, 0.2) is 41.6 Å². The van der Waals surface area contributed by atoms with Crippen molar-refractivity contribution in [2.24, 2.45) is 11.1 Å². The molecule has 0 spiro atoms. The van der Waals surface area contributed by atoms with E-state index in [-0.39, 0.29) is 0 Å². The normalized spacial score (nSPS) is 11.9. The van der Waals surface area contributed by atoms with Crippen molar-refractivity contribution in [3.8, 4) is 16.9 Å². The van der Waals surface area contributed by atoms with Crippen LogP contribution in [-0.4, -0.2) is 24.4 Å². The van der Waals surface area contributed by atoms with Crippen molar-refractivity contribution >= 4 is 16.6 Å². The van der Waals surface area contributed by atoms with Gasteiger partial charge >= 0.3 is 0 Å². The SMILES string of the molecule is CCC(=NOCC(C)C)c1cc(C)nc2c(-c3c(C)cc(OC)cc3C)cccc12. The third-order valence-electron chi connectivity index (χ3n) is 5.21. The third kappa shape index (κ3) is 4.48. The quantitative estimate of drug-likeness (QED) is 0.328. The van der Waals surface area contributed by atoms with Gasteiger partial charge in [0.15, 0.2) is 0 Å². The second kappa shape index (κ2) is 9.29. The number of nitrogens with zero attached hydrogens (tertiary/aromatic N) is 2. The molecular formula is C26H32N2O2. The van der Waals surface area contributed by atoms with Crippen LogP contribution in [0.2, 0.25) is 0 Å². The van der Waals surface area contributed by atoms with Crippen molar-refractivity contribution in [1.82, 2.24) is 4.98 Å². The summed E-state index contributed by atoms with van der Waals surface area (Å²) in [5.74, 6) is 1.32. The molecule has 0 fully saturated rings. The van der Waals surface area contributed by atoms with E-state index < -0.39 is 0 Å². The lowest BCUT2D eigenvalue weighted by Crippen LogP contribution is -2.06. The van der Waals surface area contributed by atoms with Crippen LogP contribution >= 0.6 is 0 Å². The van der Waals surface area contributed by atoms with Crippen LogP contribution in [-0.2, 0) is 4.84 Å². The van der Waals surface area contributed by atoms with Gasteiger partial charge in [-0.1, -0.05) is 44.1 Å². The van der Waals surface area contributed by atoms with Gasteiger partial charge in [0.05, 0.1) is 18.3 Å². The summed E-state index contributed by atoms with van der Waals surface area (Å²) in [7, 11) is 1.70. The smallest absolute Gasteiger partial charge is 0.119 e. The lowest BCUT2D eigenvalue weighted by Gasteiger charge is -2.16. The van der Waals surface area contributed by atoms with Crippen molar-refractivity contribution in [2.75, 3.05) is 13.7 Å². The summed E-state index contributed by atoms with van der Waals surface area (Å²) >= 11 is 0. The Morgan fingerprint density at radius 2 is 1.77 bits per heavy atom. The van der Waals surface area contributed by atoms with E-state index in [0.717, 1.165) is 45.6 Å². The molecule has 1 aromatic heterocycles. The maximum Gasteiger partial charge on any atom is 0.119 e. The second-order valence-corrected chi connectivity index (χ2v) is 8.23. The summed E-state index contributed by atoms with van der Waals surface area (Å²) in [4.78, 5) is 10.6. The Morgan fingerprint density at radius 3 is 2.37 bits per heavy atom. The first-order valence-electron chi connectivity index (χ1n) is 10.6. The standard InChI is InChI=1S/C26H32N2O2/c1-8-24(28-30-15-16(2)3)23-14-19(6)27-26-21(23)10-9-11-22(26)25-17(4)12-20(29-7)13-18(25)5/h9-14,16H,8,15H2,1-7H3. The number of fused-ring (bicyclic) bond motifs is 1. The molecule has 2 aromatic carbocycles. The summed E-state index contributed by atoms with van der Waals surface area (Å²) in [6.45, 7) is 13.3. The second-order valence-electron chi connectivity index (χ2n) is 8.23. The first-order valence-corrected chi connectivity index (χ1v) is 10.6. The summed E-state index contributed by atoms with van der Waals surface area (Å²) in [6, 6.07) is 12.7. The van der Waals surface area contributed by atoms with E-state index in [4.69, 9.17) is 14.6 Å². The van der Waals surface area contributed by atoms with Gasteiger partial charge in [-0.3, -0.25) is 4.98 Å². The predicted octanol–water partition coefficient (Wildman–Crippen LogP) is 6.62. The summed E-state index contributed by atoms with van der Waals surface area (Å²) in [5, 5.41) is 5.57. The molecule has 0 saturated carbocycles. The summed E-state index contributed by atoms with van der Waals surface area (Å²) < 4.78 is 5.45. The number of hydrogen-bond acceptors (Lipinski definition) is 4. The molecular weight excluding hydrogens is 372 g/mol. The fourth-order valence-corrected chi connectivity index (χ4v) is 3.85. The zero-order valence-corrected chi connectivity index (χ0v) is 19.2. The fraction of sp³-hybridized carbons (Fsp3) is 0.385. The highest BCUT2D eigenvalue weighted by molar-refractivity contribution is 6.12. The fourth-order valence-electron chi connectivity index (χ4n) is 3.85. The summed E-state index contributed by atoms with van der Waals surface area (Å²) in [5.41, 5.74) is 8.70. The van der Waals surface area contributed by atoms with E-state index in [1.807, 2.05) is 6.92 Å². The maximum atomic E-state index is 5.62. The number of ether oxygens (including phenoxy) is 1. The van der Waals surface area contributed by atoms with E-state index in [9.17, 15) is 0 Å². The Balaban J connectivity index is 2.22. The number of hydrogen-bond donors (Lipinski definition) is 0. The highest BCUT2D eigenvalue weighted by Gasteiger charge is 2.16. The highest BCUT2D eigenvalue weighted by atomic mass is 16.6. The number of methoxy groups -OCH3 is 1. The third-order valence-corrected chi connectivity index (χ3v) is 5.21. The van der Waals surface area contributed by atoms with E-state index in [1.165, 1.54) is 16.7 Å². The number of rotatable bonds is 7. The molecule has 4 heteroatoms. The Hall–Kier alpha value is -2.88. The molecule has 0 saturated heterocycles. The largest absolute Gasteiger partial charge is 0.497 e. The zero-order valence-electron chi connectivity index (χ0n) is 19.2. The average molecular weight is 405 g/mol. The zero-order chi connectivity index (χ0) is 21.8. The Labute approximate surface area is 179 Å². The van der Waals surface area contributed by atoms with E-state index in [1.54, 1.807) is 7.11 Å². The molecule has 0 aliphatic carbocycles. The number of benzene rings is 2. The molecule has 4 nitrogen and oxygen atoms in total. The number of para-hydroxylation sites is 1. The van der Waals surface area contributed by atoms with Crippen molar-refractivity contribution in [2.45, 2.75) is 48.0 Å². The van der Waals surface area contributed by atoms with Gasteiger partial charge in [0.1, 0.15) is 12.4 Å². The summed E-state index contributed by atoms with van der Waals surface area (Å²) in [6.07, 6.45) is 0.793. The van der Waals surface area contributed by atoms with Gasteiger partial charge in [0.25, 0.3) is 0 Å². The maximum absolute atomic E-state index is 5.62. The first-order chi connectivity index (χ1) is 14.3. The number of aromatic nitrogens is 1. The van der Waals surface area contributed by atoms with Gasteiger partial charge in [-0.05, 0) is 68.0 Å². The van der Waals surface area contributed by atoms with Gasteiger partial charge < -0.3 is 9.57 Å². The van der Waals surface area contributed by atoms with Crippen LogP contribution in [0.1, 0.15) is 49.6 Å². The Morgan fingerprint density at radius 1 is 1.07 bits per heavy atom. The molecule has 0 N–H and O–H groups in total. The molecule has 30 heavy (non-hydrogen) atoms. The van der Waals surface area contributed by atoms with Crippen molar-refractivity contribution in [3.63, 3.8) is 0 Å². The minimum Gasteiger partial charge on any atom is -0.497 e. The molecule has 1 heterocycles. The minimum absolute atomic E-state index is 0.440. The molecule has 0 bridgehead atoms. The van der Waals surface area contributed by atoms with Crippen LogP contribution in [0.25, 0.3) is 22.0 Å². The highest BCUT2D eigenvalue weighted by Crippen LogP contribution is 2.36. The van der Waals surface area contributed by atoms with E-state index >= 15 is 0 Å². The average Bonchev–Trinajstić information content (AvgIpc) is 2.70. The molecule has 0 radical (unpaired) electrons. The number of aryl methyl sites for hydroxylation is 3.